The van der Waals surface area contributed by atoms with Crippen LogP contribution in [0, 0.1) is 0 Å². The zero-order valence-corrected chi connectivity index (χ0v) is 3.93. The third-order valence-electron chi connectivity index (χ3n) is 0. The number of hydrogen-bond acceptors (Lipinski definition) is 3. The minimum atomic E-state index is -2.19. The number of rotatable bonds is 0. The fourth-order valence-electron chi connectivity index (χ4n) is 0. The second kappa shape index (κ2) is 1.73. The molecule has 0 radical (unpaired) electrons. The molecule has 0 aromatic heterocycles. The molecule has 0 unspecified atom stereocenters. The Bertz CT molecular complexity index is 10.8. The van der Waals surface area contributed by atoms with Gasteiger partial charge in [-0.05, 0) is 0 Å². The first-order valence-electron chi connectivity index (χ1n) is 0.716. The SMILES string of the molecule is N[As](N)O. The van der Waals surface area contributed by atoms with Crippen molar-refractivity contribution in [2.75, 3.05) is 0 Å². The number of nitrogens with two attached hydrogens (primary N) is 2. The third-order valence-corrected chi connectivity index (χ3v) is 0. The molecule has 5 N–H and O–H groups in total. The molecule has 4 heavy (non-hydrogen) atoms. The Balaban J connectivity index is 2.32. The third kappa shape index (κ3) is 26.2. The molecule has 26 valence electrons. The van der Waals surface area contributed by atoms with Gasteiger partial charge in [-0.15, -0.1) is 0 Å². The van der Waals surface area contributed by atoms with Gasteiger partial charge in [-0.25, -0.2) is 0 Å². The summed E-state index contributed by atoms with van der Waals surface area (Å²) in [4.78, 5) is 0. The molecule has 0 spiro atoms. The van der Waals surface area contributed by atoms with Gasteiger partial charge in [0.15, 0.2) is 0 Å². The van der Waals surface area contributed by atoms with E-state index in [0.717, 1.165) is 0 Å². The van der Waals surface area contributed by atoms with Gasteiger partial charge in [0.1, 0.15) is 0 Å². The van der Waals surface area contributed by atoms with Crippen molar-refractivity contribution in [1.29, 1.82) is 0 Å². The first-order chi connectivity index (χ1) is 1.73. The molecule has 0 rings (SSSR count). The summed E-state index contributed by atoms with van der Waals surface area (Å²) >= 11 is -2.19. The summed E-state index contributed by atoms with van der Waals surface area (Å²) in [6, 6.07) is 0. The maximum atomic E-state index is 7.76. The molecular weight excluding hydrogens is 119 g/mol. The van der Waals surface area contributed by atoms with Gasteiger partial charge in [0.05, 0.1) is 0 Å². The van der Waals surface area contributed by atoms with Crippen LogP contribution in [-0.4, -0.2) is 19.5 Å². The van der Waals surface area contributed by atoms with Crippen molar-refractivity contribution in [2.24, 2.45) is 9.30 Å². The Morgan fingerprint density at radius 1 is 1.50 bits per heavy atom. The molecule has 0 aromatic carbocycles. The normalized spacial score (nSPS) is 9.00. The van der Waals surface area contributed by atoms with Crippen LogP contribution in [0.1, 0.15) is 0 Å². The quantitative estimate of drug-likeness (QED) is 0.323. The van der Waals surface area contributed by atoms with Gasteiger partial charge in [0.2, 0.25) is 0 Å². The van der Waals surface area contributed by atoms with Crippen LogP contribution in [-0.2, 0) is 0 Å². The molecule has 0 aliphatic heterocycles. The molecule has 0 aliphatic rings. The predicted octanol–water partition coefficient (Wildman–Crippen LogP) is -2.12. The Morgan fingerprint density at radius 2 is 1.50 bits per heavy atom. The molecule has 3 nitrogen and oxygen atoms in total. The van der Waals surface area contributed by atoms with Gasteiger partial charge in [0, 0.05) is 0 Å². The van der Waals surface area contributed by atoms with Crippen molar-refractivity contribution < 1.29 is 4.10 Å². The molecule has 4 heteroatoms. The zero-order valence-electron chi connectivity index (χ0n) is 2.05. The van der Waals surface area contributed by atoms with Gasteiger partial charge in [-0.2, -0.15) is 0 Å². The predicted molar refractivity (Wildman–Crippen MR) is 16.3 cm³/mol. The van der Waals surface area contributed by atoms with Crippen molar-refractivity contribution >= 4 is 15.4 Å². The van der Waals surface area contributed by atoms with Crippen molar-refractivity contribution in [2.45, 2.75) is 0 Å². The second-order valence-electron chi connectivity index (χ2n) is 0.380. The zero-order chi connectivity index (χ0) is 3.58. The van der Waals surface area contributed by atoms with Crippen LogP contribution in [0.3, 0.4) is 0 Å². The van der Waals surface area contributed by atoms with E-state index in [1.165, 1.54) is 0 Å². The molecule has 0 heterocycles. The van der Waals surface area contributed by atoms with Crippen LogP contribution < -0.4 is 9.30 Å². The van der Waals surface area contributed by atoms with Crippen LogP contribution in [0.2, 0.25) is 0 Å². The molecule has 0 atom stereocenters. The van der Waals surface area contributed by atoms with Gasteiger partial charge < -0.3 is 0 Å². The summed E-state index contributed by atoms with van der Waals surface area (Å²) in [5.41, 5.74) is 0. The van der Waals surface area contributed by atoms with Crippen molar-refractivity contribution in [3.8, 4) is 0 Å². The van der Waals surface area contributed by atoms with Crippen LogP contribution in [0.5, 0.6) is 0 Å². The monoisotopic (exact) mass is 124 g/mol. The van der Waals surface area contributed by atoms with Gasteiger partial charge in [-0.1, -0.05) is 0 Å². The molecule has 0 saturated carbocycles. The van der Waals surface area contributed by atoms with Crippen LogP contribution >= 0.6 is 0 Å². The summed E-state index contributed by atoms with van der Waals surface area (Å²) < 4.78 is 16.9. The van der Waals surface area contributed by atoms with E-state index < -0.39 is 15.4 Å². The molecular formula is H5AsN2O. The average Bonchev–Trinajstić information content (AvgIpc) is 0.811. The van der Waals surface area contributed by atoms with Gasteiger partial charge in [0.25, 0.3) is 0 Å². The summed E-state index contributed by atoms with van der Waals surface area (Å²) in [6.07, 6.45) is 0. The fourth-order valence-corrected chi connectivity index (χ4v) is 0. The van der Waals surface area contributed by atoms with E-state index in [-0.39, 0.29) is 0 Å². The Hall–Kier alpha value is 0.438. The molecule has 0 fully saturated rings. The van der Waals surface area contributed by atoms with Crippen LogP contribution in [0.15, 0.2) is 0 Å². The van der Waals surface area contributed by atoms with Crippen LogP contribution in [0.4, 0.5) is 0 Å². The summed E-state index contributed by atoms with van der Waals surface area (Å²) in [6.45, 7) is 0. The summed E-state index contributed by atoms with van der Waals surface area (Å²) in [5.74, 6) is 0. The minimum absolute atomic E-state index is 2.19. The standard InChI is InChI=1S/AsH5N2O/c2-1(3)4/h4H,2-3H2. The molecule has 0 bridgehead atoms. The molecule has 0 aromatic rings. The second-order valence-corrected chi connectivity index (χ2v) is 1.97. The first-order valence-corrected chi connectivity index (χ1v) is 3.72. The van der Waals surface area contributed by atoms with Crippen molar-refractivity contribution in [1.82, 2.24) is 0 Å². The van der Waals surface area contributed by atoms with Gasteiger partial charge in [-0.3, -0.25) is 0 Å². The van der Waals surface area contributed by atoms with Crippen molar-refractivity contribution in [3.63, 3.8) is 0 Å². The van der Waals surface area contributed by atoms with Gasteiger partial charge >= 0.3 is 28.8 Å². The summed E-state index contributed by atoms with van der Waals surface area (Å²) in [7, 11) is 0. The van der Waals surface area contributed by atoms with E-state index in [2.05, 4.69) is 9.30 Å². The molecule has 0 saturated heterocycles. The Labute approximate surface area is 29.7 Å². The van der Waals surface area contributed by atoms with E-state index >= 15 is 0 Å². The average molecular weight is 124 g/mol. The summed E-state index contributed by atoms with van der Waals surface area (Å²) in [5, 5.41) is 0. The fraction of sp³-hybridized carbons (Fsp3) is 0. The Kier molecular flexibility index (Phi) is 1.92. The van der Waals surface area contributed by atoms with E-state index in [0.29, 0.717) is 0 Å². The van der Waals surface area contributed by atoms with E-state index in [9.17, 15) is 0 Å². The topological polar surface area (TPSA) is 72.3 Å². The molecule has 0 aliphatic carbocycles. The maximum absolute atomic E-state index is 7.76. The van der Waals surface area contributed by atoms with E-state index in [1.54, 1.807) is 0 Å². The van der Waals surface area contributed by atoms with Crippen molar-refractivity contribution in [3.05, 3.63) is 0 Å². The number of hydrogen-bond donors (Lipinski definition) is 3. The first kappa shape index (κ1) is 4.44. The van der Waals surface area contributed by atoms with Crippen LogP contribution in [0.25, 0.3) is 0 Å². The van der Waals surface area contributed by atoms with E-state index in [1.807, 2.05) is 0 Å². The molecule has 0 amide bonds. The Morgan fingerprint density at radius 3 is 1.50 bits per heavy atom. The van der Waals surface area contributed by atoms with E-state index in [4.69, 9.17) is 4.10 Å².